The van der Waals surface area contributed by atoms with Gasteiger partial charge in [0.15, 0.2) is 5.78 Å². The molecule has 2 aromatic rings. The van der Waals surface area contributed by atoms with Crippen molar-refractivity contribution >= 4 is 5.78 Å². The zero-order valence-corrected chi connectivity index (χ0v) is 11.0. The van der Waals surface area contributed by atoms with Crippen LogP contribution in [0, 0.1) is 6.92 Å². The van der Waals surface area contributed by atoms with Gasteiger partial charge in [0.25, 0.3) is 0 Å². The summed E-state index contributed by atoms with van der Waals surface area (Å²) in [6.45, 7) is 5.62. The van der Waals surface area contributed by atoms with Crippen LogP contribution in [-0.2, 0) is 6.42 Å². The van der Waals surface area contributed by atoms with Gasteiger partial charge >= 0.3 is 0 Å². The first-order chi connectivity index (χ1) is 8.61. The SMILES string of the molecule is CCc1cccc(-c2cnc(C(C)=O)c(C)c2)c1. The molecule has 0 fully saturated rings. The molecule has 0 radical (unpaired) electrons. The van der Waals surface area contributed by atoms with Crippen molar-refractivity contribution in [2.75, 3.05) is 0 Å². The maximum Gasteiger partial charge on any atom is 0.178 e. The molecular formula is C16H17NO. The van der Waals surface area contributed by atoms with Crippen molar-refractivity contribution < 1.29 is 4.79 Å². The molecule has 0 atom stereocenters. The molecule has 0 bridgehead atoms. The molecule has 1 heterocycles. The molecule has 2 nitrogen and oxygen atoms in total. The van der Waals surface area contributed by atoms with Crippen molar-refractivity contribution in [3.63, 3.8) is 0 Å². The molecule has 1 aromatic heterocycles. The summed E-state index contributed by atoms with van der Waals surface area (Å²) in [6.07, 6.45) is 2.80. The van der Waals surface area contributed by atoms with Crippen LogP contribution in [0.2, 0.25) is 0 Å². The number of hydrogen-bond acceptors (Lipinski definition) is 2. The summed E-state index contributed by atoms with van der Waals surface area (Å²) in [5, 5.41) is 0. The highest BCUT2D eigenvalue weighted by Gasteiger charge is 2.07. The monoisotopic (exact) mass is 239 g/mol. The molecule has 0 saturated heterocycles. The fourth-order valence-electron chi connectivity index (χ4n) is 2.07. The Kier molecular flexibility index (Phi) is 3.56. The molecule has 0 aliphatic rings. The Labute approximate surface area is 108 Å². The lowest BCUT2D eigenvalue weighted by Gasteiger charge is -2.07. The molecule has 0 spiro atoms. The van der Waals surface area contributed by atoms with Crippen molar-refractivity contribution in [1.29, 1.82) is 0 Å². The number of aryl methyl sites for hydroxylation is 2. The molecule has 0 unspecified atom stereocenters. The average molecular weight is 239 g/mol. The largest absolute Gasteiger partial charge is 0.293 e. The molecule has 0 amide bonds. The molecule has 18 heavy (non-hydrogen) atoms. The van der Waals surface area contributed by atoms with Crippen molar-refractivity contribution in [2.24, 2.45) is 0 Å². The second-order valence-corrected chi connectivity index (χ2v) is 4.50. The topological polar surface area (TPSA) is 30.0 Å². The Bertz CT molecular complexity index is 587. The van der Waals surface area contributed by atoms with Crippen LogP contribution in [-0.4, -0.2) is 10.8 Å². The Morgan fingerprint density at radius 3 is 2.61 bits per heavy atom. The number of carbonyl (C=O) groups is 1. The van der Waals surface area contributed by atoms with E-state index in [0.717, 1.165) is 23.1 Å². The molecule has 92 valence electrons. The van der Waals surface area contributed by atoms with Gasteiger partial charge in [-0.05, 0) is 36.1 Å². The lowest BCUT2D eigenvalue weighted by molar-refractivity contribution is 0.101. The zero-order valence-electron chi connectivity index (χ0n) is 11.0. The summed E-state index contributed by atoms with van der Waals surface area (Å²) in [5.74, 6) is 0.0151. The Hall–Kier alpha value is -1.96. The second kappa shape index (κ2) is 5.13. The summed E-state index contributed by atoms with van der Waals surface area (Å²) in [7, 11) is 0. The third kappa shape index (κ3) is 2.48. The first-order valence-electron chi connectivity index (χ1n) is 6.18. The smallest absolute Gasteiger partial charge is 0.178 e. The van der Waals surface area contributed by atoms with Gasteiger partial charge < -0.3 is 0 Å². The number of Topliss-reactive ketones (excluding diaryl/α,β-unsaturated/α-hetero) is 1. The van der Waals surface area contributed by atoms with E-state index in [2.05, 4.69) is 36.2 Å². The molecule has 1 aromatic carbocycles. The van der Waals surface area contributed by atoms with Crippen LogP contribution in [0.25, 0.3) is 11.1 Å². The number of carbonyl (C=O) groups excluding carboxylic acids is 1. The van der Waals surface area contributed by atoms with Crippen molar-refractivity contribution in [1.82, 2.24) is 4.98 Å². The van der Waals surface area contributed by atoms with Gasteiger partial charge in [0.05, 0.1) is 0 Å². The first kappa shape index (κ1) is 12.5. The number of ketones is 1. The highest BCUT2D eigenvalue weighted by molar-refractivity contribution is 5.93. The minimum absolute atomic E-state index is 0.0151. The van der Waals surface area contributed by atoms with E-state index in [4.69, 9.17) is 0 Å². The van der Waals surface area contributed by atoms with Crippen LogP contribution >= 0.6 is 0 Å². The Balaban J connectivity index is 2.45. The second-order valence-electron chi connectivity index (χ2n) is 4.50. The van der Waals surface area contributed by atoms with E-state index in [1.54, 1.807) is 13.1 Å². The Morgan fingerprint density at radius 1 is 1.22 bits per heavy atom. The number of rotatable bonds is 3. The predicted octanol–water partition coefficient (Wildman–Crippen LogP) is 3.82. The molecular weight excluding hydrogens is 222 g/mol. The lowest BCUT2D eigenvalue weighted by Crippen LogP contribution is -2.00. The van der Waals surface area contributed by atoms with Gasteiger partial charge in [-0.15, -0.1) is 0 Å². The quantitative estimate of drug-likeness (QED) is 0.762. The number of hydrogen-bond donors (Lipinski definition) is 0. The van der Waals surface area contributed by atoms with E-state index in [1.807, 2.05) is 13.0 Å². The summed E-state index contributed by atoms with van der Waals surface area (Å²) in [5.41, 5.74) is 5.01. The number of pyridine rings is 1. The van der Waals surface area contributed by atoms with Crippen molar-refractivity contribution in [3.05, 3.63) is 53.3 Å². The van der Waals surface area contributed by atoms with E-state index in [1.165, 1.54) is 5.56 Å². The van der Waals surface area contributed by atoms with Crippen molar-refractivity contribution in [3.8, 4) is 11.1 Å². The fraction of sp³-hybridized carbons (Fsp3) is 0.250. The number of aromatic nitrogens is 1. The maximum absolute atomic E-state index is 11.4. The zero-order chi connectivity index (χ0) is 13.1. The summed E-state index contributed by atoms with van der Waals surface area (Å²) >= 11 is 0. The summed E-state index contributed by atoms with van der Waals surface area (Å²) < 4.78 is 0. The van der Waals surface area contributed by atoms with Crippen LogP contribution in [0.1, 0.15) is 35.5 Å². The minimum Gasteiger partial charge on any atom is -0.293 e. The standard InChI is InChI=1S/C16H17NO/c1-4-13-6-5-7-14(9-13)15-8-11(2)16(12(3)18)17-10-15/h5-10H,4H2,1-3H3. The van der Waals surface area contributed by atoms with E-state index >= 15 is 0 Å². The molecule has 2 heteroatoms. The third-order valence-corrected chi connectivity index (χ3v) is 3.08. The van der Waals surface area contributed by atoms with Gasteiger partial charge in [-0.2, -0.15) is 0 Å². The van der Waals surface area contributed by atoms with Crippen LogP contribution in [0.5, 0.6) is 0 Å². The maximum atomic E-state index is 11.4. The van der Waals surface area contributed by atoms with Crippen LogP contribution < -0.4 is 0 Å². The first-order valence-corrected chi connectivity index (χ1v) is 6.18. The van der Waals surface area contributed by atoms with Gasteiger partial charge in [0.2, 0.25) is 0 Å². The molecule has 0 aliphatic carbocycles. The van der Waals surface area contributed by atoms with E-state index in [9.17, 15) is 4.79 Å². The molecule has 0 aliphatic heterocycles. The van der Waals surface area contributed by atoms with Crippen LogP contribution in [0.15, 0.2) is 36.5 Å². The lowest BCUT2D eigenvalue weighted by atomic mass is 10.0. The van der Waals surface area contributed by atoms with Gasteiger partial charge in [0, 0.05) is 18.7 Å². The average Bonchev–Trinajstić information content (AvgIpc) is 2.38. The van der Waals surface area contributed by atoms with Gasteiger partial charge in [-0.1, -0.05) is 31.2 Å². The number of benzene rings is 1. The van der Waals surface area contributed by atoms with Crippen LogP contribution in [0.4, 0.5) is 0 Å². The molecule has 0 N–H and O–H groups in total. The number of nitrogens with zero attached hydrogens (tertiary/aromatic N) is 1. The third-order valence-electron chi connectivity index (χ3n) is 3.08. The van der Waals surface area contributed by atoms with Crippen LogP contribution in [0.3, 0.4) is 0 Å². The highest BCUT2D eigenvalue weighted by Crippen LogP contribution is 2.22. The van der Waals surface area contributed by atoms with Gasteiger partial charge in [0.1, 0.15) is 5.69 Å². The summed E-state index contributed by atoms with van der Waals surface area (Å²) in [4.78, 5) is 15.6. The van der Waals surface area contributed by atoms with E-state index in [-0.39, 0.29) is 5.78 Å². The normalized spacial score (nSPS) is 10.4. The van der Waals surface area contributed by atoms with Crippen molar-refractivity contribution in [2.45, 2.75) is 27.2 Å². The van der Waals surface area contributed by atoms with E-state index in [0.29, 0.717) is 5.69 Å². The fourth-order valence-corrected chi connectivity index (χ4v) is 2.07. The summed E-state index contributed by atoms with van der Waals surface area (Å²) in [6, 6.07) is 10.4. The van der Waals surface area contributed by atoms with E-state index < -0.39 is 0 Å². The highest BCUT2D eigenvalue weighted by atomic mass is 16.1. The molecule has 2 rings (SSSR count). The Morgan fingerprint density at radius 2 is 2.00 bits per heavy atom. The minimum atomic E-state index is 0.0151. The van der Waals surface area contributed by atoms with Gasteiger partial charge in [-0.25, -0.2) is 0 Å². The molecule has 0 saturated carbocycles. The van der Waals surface area contributed by atoms with Gasteiger partial charge in [-0.3, -0.25) is 9.78 Å². The predicted molar refractivity (Wildman–Crippen MR) is 73.8 cm³/mol.